The van der Waals surface area contributed by atoms with Gasteiger partial charge in [-0.3, -0.25) is 9.59 Å². The standard InChI is InChI=1S/C14H22N2O2S/c1-6-8-19-9-7-16-11(10(2)3)12(17)15-14(4,5)13(16)18/h1,10-11H,7-9H2,2-5H3,(H,15,17). The third-order valence-electron chi connectivity index (χ3n) is 3.13. The average molecular weight is 282 g/mol. The van der Waals surface area contributed by atoms with Crippen molar-refractivity contribution < 1.29 is 9.59 Å². The van der Waals surface area contributed by atoms with Gasteiger partial charge in [-0.2, -0.15) is 0 Å². The molecule has 1 fully saturated rings. The zero-order valence-electron chi connectivity index (χ0n) is 12.0. The van der Waals surface area contributed by atoms with Crippen molar-refractivity contribution in [1.29, 1.82) is 0 Å². The molecule has 1 saturated heterocycles. The minimum absolute atomic E-state index is 0.0212. The molecule has 1 heterocycles. The Bertz CT molecular complexity index is 399. The Morgan fingerprint density at radius 2 is 2.11 bits per heavy atom. The Morgan fingerprint density at radius 3 is 2.63 bits per heavy atom. The van der Waals surface area contributed by atoms with Gasteiger partial charge in [-0.1, -0.05) is 19.8 Å². The second kappa shape index (κ2) is 6.33. The summed E-state index contributed by atoms with van der Waals surface area (Å²) >= 11 is 1.60. The number of rotatable bonds is 5. The van der Waals surface area contributed by atoms with Gasteiger partial charge in [-0.25, -0.2) is 0 Å². The molecule has 0 aliphatic carbocycles. The van der Waals surface area contributed by atoms with E-state index in [1.165, 1.54) is 0 Å². The lowest BCUT2D eigenvalue weighted by Crippen LogP contribution is -2.69. The smallest absolute Gasteiger partial charge is 0.248 e. The molecule has 5 heteroatoms. The topological polar surface area (TPSA) is 49.4 Å². The zero-order valence-corrected chi connectivity index (χ0v) is 12.8. The molecule has 0 spiro atoms. The highest BCUT2D eigenvalue weighted by atomic mass is 32.2. The van der Waals surface area contributed by atoms with Gasteiger partial charge in [0.05, 0.1) is 5.75 Å². The minimum atomic E-state index is -0.820. The first-order valence-electron chi connectivity index (χ1n) is 6.45. The number of thioether (sulfide) groups is 1. The third-order valence-corrected chi connectivity index (χ3v) is 3.97. The van der Waals surface area contributed by atoms with E-state index in [0.29, 0.717) is 12.3 Å². The van der Waals surface area contributed by atoms with Crippen molar-refractivity contribution >= 4 is 23.6 Å². The van der Waals surface area contributed by atoms with Crippen LogP contribution in [0.4, 0.5) is 0 Å². The monoisotopic (exact) mass is 282 g/mol. The lowest BCUT2D eigenvalue weighted by Gasteiger charge is -2.44. The summed E-state index contributed by atoms with van der Waals surface area (Å²) in [4.78, 5) is 26.3. The predicted molar refractivity (Wildman–Crippen MR) is 78.7 cm³/mol. The number of amides is 2. The van der Waals surface area contributed by atoms with Crippen LogP contribution in [-0.2, 0) is 9.59 Å². The van der Waals surface area contributed by atoms with Crippen molar-refractivity contribution in [2.75, 3.05) is 18.1 Å². The largest absolute Gasteiger partial charge is 0.340 e. The van der Waals surface area contributed by atoms with Crippen LogP contribution >= 0.6 is 11.8 Å². The molecule has 0 bridgehead atoms. The lowest BCUT2D eigenvalue weighted by atomic mass is 9.91. The second-order valence-electron chi connectivity index (χ2n) is 5.56. The highest BCUT2D eigenvalue weighted by molar-refractivity contribution is 7.99. The summed E-state index contributed by atoms with van der Waals surface area (Å²) in [7, 11) is 0. The van der Waals surface area contributed by atoms with Crippen molar-refractivity contribution in [2.24, 2.45) is 5.92 Å². The highest BCUT2D eigenvalue weighted by Crippen LogP contribution is 2.23. The van der Waals surface area contributed by atoms with Crippen LogP contribution in [0.2, 0.25) is 0 Å². The van der Waals surface area contributed by atoms with Gasteiger partial charge >= 0.3 is 0 Å². The normalized spacial score (nSPS) is 22.3. The van der Waals surface area contributed by atoms with E-state index in [2.05, 4.69) is 11.2 Å². The molecular formula is C14H22N2O2S. The van der Waals surface area contributed by atoms with Crippen LogP contribution in [0.3, 0.4) is 0 Å². The molecule has 1 aliphatic rings. The summed E-state index contributed by atoms with van der Waals surface area (Å²) in [6, 6.07) is -0.382. The van der Waals surface area contributed by atoms with Gasteiger partial charge in [-0.05, 0) is 19.8 Å². The lowest BCUT2D eigenvalue weighted by molar-refractivity contribution is -0.154. The van der Waals surface area contributed by atoms with E-state index in [0.717, 1.165) is 5.75 Å². The minimum Gasteiger partial charge on any atom is -0.340 e. The molecule has 2 amide bonds. The number of carbonyl (C=O) groups is 2. The Hall–Kier alpha value is -1.15. The Balaban J connectivity index is 2.82. The van der Waals surface area contributed by atoms with Crippen molar-refractivity contribution in [3.05, 3.63) is 0 Å². The molecule has 0 aromatic heterocycles. The van der Waals surface area contributed by atoms with Crippen molar-refractivity contribution in [3.8, 4) is 12.3 Å². The molecule has 106 valence electrons. The number of nitrogens with zero attached hydrogens (tertiary/aromatic N) is 1. The molecule has 0 radical (unpaired) electrons. The first-order valence-corrected chi connectivity index (χ1v) is 7.61. The number of nitrogens with one attached hydrogen (secondary N) is 1. The second-order valence-corrected chi connectivity index (χ2v) is 6.66. The molecule has 1 N–H and O–H groups in total. The highest BCUT2D eigenvalue weighted by Gasteiger charge is 2.45. The van der Waals surface area contributed by atoms with Crippen LogP contribution in [0.25, 0.3) is 0 Å². The van der Waals surface area contributed by atoms with Crippen LogP contribution in [-0.4, -0.2) is 46.3 Å². The molecule has 0 aromatic carbocycles. The van der Waals surface area contributed by atoms with Gasteiger partial charge in [0, 0.05) is 12.3 Å². The first-order chi connectivity index (χ1) is 8.81. The molecule has 1 atom stereocenters. The summed E-state index contributed by atoms with van der Waals surface area (Å²) in [5.41, 5.74) is -0.820. The molecule has 0 aromatic rings. The Kier molecular flexibility index (Phi) is 5.30. The number of hydrogen-bond donors (Lipinski definition) is 1. The van der Waals surface area contributed by atoms with Gasteiger partial charge in [0.1, 0.15) is 11.6 Å². The fourth-order valence-electron chi connectivity index (χ4n) is 2.26. The van der Waals surface area contributed by atoms with E-state index in [1.807, 2.05) is 13.8 Å². The SMILES string of the molecule is C#CCSCCN1C(=O)C(C)(C)NC(=O)C1C(C)C. The summed E-state index contributed by atoms with van der Waals surface area (Å²) in [6.07, 6.45) is 5.20. The van der Waals surface area contributed by atoms with Crippen LogP contribution in [0.15, 0.2) is 0 Å². The quantitative estimate of drug-likeness (QED) is 0.607. The van der Waals surface area contributed by atoms with E-state index in [-0.39, 0.29) is 23.8 Å². The van der Waals surface area contributed by atoms with Gasteiger partial charge in [-0.15, -0.1) is 18.2 Å². The van der Waals surface area contributed by atoms with E-state index >= 15 is 0 Å². The molecule has 19 heavy (non-hydrogen) atoms. The number of carbonyl (C=O) groups excluding carboxylic acids is 2. The van der Waals surface area contributed by atoms with E-state index < -0.39 is 5.54 Å². The Labute approximate surface area is 119 Å². The summed E-state index contributed by atoms with van der Waals surface area (Å²) < 4.78 is 0. The maximum absolute atomic E-state index is 12.4. The molecule has 4 nitrogen and oxygen atoms in total. The molecule has 1 rings (SSSR count). The maximum Gasteiger partial charge on any atom is 0.248 e. The van der Waals surface area contributed by atoms with Gasteiger partial charge in [0.25, 0.3) is 0 Å². The summed E-state index contributed by atoms with van der Waals surface area (Å²) in [5.74, 6) is 3.94. The van der Waals surface area contributed by atoms with Gasteiger partial charge in [0.2, 0.25) is 11.8 Å². The van der Waals surface area contributed by atoms with Crippen molar-refractivity contribution in [3.63, 3.8) is 0 Å². The summed E-state index contributed by atoms with van der Waals surface area (Å²) in [6.45, 7) is 7.95. The van der Waals surface area contributed by atoms with Crippen molar-refractivity contribution in [1.82, 2.24) is 10.2 Å². The van der Waals surface area contributed by atoms with Gasteiger partial charge < -0.3 is 10.2 Å². The first kappa shape index (κ1) is 15.9. The van der Waals surface area contributed by atoms with Crippen molar-refractivity contribution in [2.45, 2.75) is 39.3 Å². The van der Waals surface area contributed by atoms with Crippen LogP contribution < -0.4 is 5.32 Å². The number of hydrogen-bond acceptors (Lipinski definition) is 3. The molecular weight excluding hydrogens is 260 g/mol. The van der Waals surface area contributed by atoms with E-state index in [9.17, 15) is 9.59 Å². The summed E-state index contributed by atoms with van der Waals surface area (Å²) in [5, 5.41) is 2.80. The van der Waals surface area contributed by atoms with Gasteiger partial charge in [0.15, 0.2) is 0 Å². The molecule has 1 unspecified atom stereocenters. The average Bonchev–Trinajstić information content (AvgIpc) is 2.29. The van der Waals surface area contributed by atoms with Crippen LogP contribution in [0, 0.1) is 18.3 Å². The number of piperazine rings is 1. The Morgan fingerprint density at radius 1 is 1.47 bits per heavy atom. The van der Waals surface area contributed by atoms with Crippen LogP contribution in [0.5, 0.6) is 0 Å². The molecule has 0 saturated carbocycles. The zero-order chi connectivity index (χ0) is 14.6. The third kappa shape index (κ3) is 3.66. The predicted octanol–water partition coefficient (Wildman–Crippen LogP) is 1.11. The maximum atomic E-state index is 12.4. The number of terminal acetylenes is 1. The fourth-order valence-corrected chi connectivity index (χ4v) is 2.85. The van der Waals surface area contributed by atoms with Crippen LogP contribution in [0.1, 0.15) is 27.7 Å². The van der Waals surface area contributed by atoms with E-state index in [4.69, 9.17) is 6.42 Å². The van der Waals surface area contributed by atoms with E-state index in [1.54, 1.807) is 30.5 Å². The fraction of sp³-hybridized carbons (Fsp3) is 0.714. The molecule has 1 aliphatic heterocycles.